The Bertz CT molecular complexity index is 529. The highest BCUT2D eigenvalue weighted by molar-refractivity contribution is 5.80. The largest absolute Gasteiger partial charge is 0.393 e. The Morgan fingerprint density at radius 2 is 1.67 bits per heavy atom. The van der Waals surface area contributed by atoms with Crippen molar-refractivity contribution >= 4 is 5.91 Å². The molecular weight excluding hydrogens is 276 g/mol. The van der Waals surface area contributed by atoms with Crippen LogP contribution < -0.4 is 5.32 Å². The summed E-state index contributed by atoms with van der Waals surface area (Å²) >= 11 is 0. The molecule has 1 aromatic rings. The quantitative estimate of drug-likeness (QED) is 0.900. The van der Waals surface area contributed by atoms with Crippen molar-refractivity contribution in [1.82, 2.24) is 5.32 Å². The summed E-state index contributed by atoms with van der Waals surface area (Å²) in [7, 11) is 0. The van der Waals surface area contributed by atoms with Crippen molar-refractivity contribution in [1.29, 1.82) is 0 Å². The number of amides is 1. The third kappa shape index (κ3) is 3.07. The molecule has 5 heteroatoms. The molecule has 114 valence electrons. The minimum atomic E-state index is -0.619. The second-order valence-electron chi connectivity index (χ2n) is 6.23. The SMILES string of the molecule is O=C(NC1(c2cc(F)cc(F)c2)CC1)C1CCC(O)CC1. The highest BCUT2D eigenvalue weighted by atomic mass is 19.1. The Morgan fingerprint density at radius 1 is 1.10 bits per heavy atom. The number of halogens is 2. The topological polar surface area (TPSA) is 49.3 Å². The maximum atomic E-state index is 13.3. The van der Waals surface area contributed by atoms with Crippen LogP contribution in [0.3, 0.4) is 0 Å². The van der Waals surface area contributed by atoms with E-state index >= 15 is 0 Å². The van der Waals surface area contributed by atoms with Gasteiger partial charge in [-0.3, -0.25) is 4.79 Å². The van der Waals surface area contributed by atoms with Gasteiger partial charge in [0.1, 0.15) is 11.6 Å². The zero-order valence-corrected chi connectivity index (χ0v) is 11.7. The van der Waals surface area contributed by atoms with E-state index in [1.54, 1.807) is 0 Å². The summed E-state index contributed by atoms with van der Waals surface area (Å²) in [5.74, 6) is -1.41. The van der Waals surface area contributed by atoms with Crippen LogP contribution in [0.1, 0.15) is 44.1 Å². The molecule has 2 aliphatic carbocycles. The standard InChI is InChI=1S/C16H19F2NO2/c17-12-7-11(8-13(18)9-12)16(5-6-16)19-15(21)10-1-3-14(20)4-2-10/h7-10,14,20H,1-6H2,(H,19,21). The lowest BCUT2D eigenvalue weighted by Crippen LogP contribution is -2.40. The molecule has 3 rings (SSSR count). The van der Waals surface area contributed by atoms with Gasteiger partial charge in [0.25, 0.3) is 0 Å². The van der Waals surface area contributed by atoms with Crippen molar-refractivity contribution in [3.8, 4) is 0 Å². The first-order chi connectivity index (χ1) is 9.98. The third-order valence-corrected chi connectivity index (χ3v) is 4.60. The van der Waals surface area contributed by atoms with E-state index < -0.39 is 17.2 Å². The van der Waals surface area contributed by atoms with Crippen LogP contribution in [0.15, 0.2) is 18.2 Å². The van der Waals surface area contributed by atoms with Crippen molar-refractivity contribution < 1.29 is 18.7 Å². The normalized spacial score (nSPS) is 27.2. The van der Waals surface area contributed by atoms with E-state index in [0.29, 0.717) is 44.1 Å². The lowest BCUT2D eigenvalue weighted by atomic mass is 9.86. The lowest BCUT2D eigenvalue weighted by molar-refractivity contribution is -0.127. The number of rotatable bonds is 3. The van der Waals surface area contributed by atoms with E-state index in [1.807, 2.05) is 0 Å². The Balaban J connectivity index is 1.70. The molecule has 2 fully saturated rings. The number of nitrogens with one attached hydrogen (secondary N) is 1. The van der Waals surface area contributed by atoms with Crippen LogP contribution in [0.4, 0.5) is 8.78 Å². The van der Waals surface area contributed by atoms with Gasteiger partial charge in [-0.1, -0.05) is 0 Å². The molecule has 0 aliphatic heterocycles. The minimum Gasteiger partial charge on any atom is -0.393 e. The molecule has 0 bridgehead atoms. The lowest BCUT2D eigenvalue weighted by Gasteiger charge is -2.27. The number of benzene rings is 1. The van der Waals surface area contributed by atoms with Crippen LogP contribution >= 0.6 is 0 Å². The third-order valence-electron chi connectivity index (χ3n) is 4.60. The van der Waals surface area contributed by atoms with Crippen molar-refractivity contribution in [3.63, 3.8) is 0 Å². The number of aliphatic hydroxyl groups is 1. The summed E-state index contributed by atoms with van der Waals surface area (Å²) in [5.41, 5.74) is -0.0972. The van der Waals surface area contributed by atoms with E-state index in [-0.39, 0.29) is 17.9 Å². The van der Waals surface area contributed by atoms with E-state index in [4.69, 9.17) is 0 Å². The number of carbonyl (C=O) groups is 1. The summed E-state index contributed by atoms with van der Waals surface area (Å²) in [6, 6.07) is 3.42. The van der Waals surface area contributed by atoms with Gasteiger partial charge in [0.15, 0.2) is 0 Å². The fraction of sp³-hybridized carbons (Fsp3) is 0.562. The van der Waals surface area contributed by atoms with Gasteiger partial charge in [-0.05, 0) is 56.2 Å². The molecule has 21 heavy (non-hydrogen) atoms. The molecule has 0 aromatic heterocycles. The molecule has 0 atom stereocenters. The Kier molecular flexibility index (Phi) is 3.69. The first-order valence-corrected chi connectivity index (χ1v) is 7.45. The van der Waals surface area contributed by atoms with Gasteiger partial charge in [-0.15, -0.1) is 0 Å². The van der Waals surface area contributed by atoms with Crippen molar-refractivity contribution in [2.24, 2.45) is 5.92 Å². The number of hydrogen-bond acceptors (Lipinski definition) is 2. The minimum absolute atomic E-state index is 0.0657. The van der Waals surface area contributed by atoms with Gasteiger partial charge in [-0.2, -0.15) is 0 Å². The van der Waals surface area contributed by atoms with Gasteiger partial charge in [0.05, 0.1) is 11.6 Å². The molecule has 3 nitrogen and oxygen atoms in total. The fourth-order valence-electron chi connectivity index (χ4n) is 3.12. The molecule has 0 saturated heterocycles. The second kappa shape index (κ2) is 5.37. The van der Waals surface area contributed by atoms with Crippen LogP contribution in [0.25, 0.3) is 0 Å². The molecule has 2 saturated carbocycles. The summed E-state index contributed by atoms with van der Waals surface area (Å²) in [6.45, 7) is 0. The Labute approximate surface area is 122 Å². The molecule has 0 heterocycles. The van der Waals surface area contributed by atoms with Crippen LogP contribution in [0, 0.1) is 17.6 Å². The Morgan fingerprint density at radius 3 is 2.19 bits per heavy atom. The van der Waals surface area contributed by atoms with Crippen molar-refractivity contribution in [2.75, 3.05) is 0 Å². The van der Waals surface area contributed by atoms with Crippen molar-refractivity contribution in [3.05, 3.63) is 35.4 Å². The van der Waals surface area contributed by atoms with Gasteiger partial charge in [0, 0.05) is 12.0 Å². The summed E-state index contributed by atoms with van der Waals surface area (Å²) in [6.07, 6.45) is 3.72. The van der Waals surface area contributed by atoms with Gasteiger partial charge in [0.2, 0.25) is 5.91 Å². The van der Waals surface area contributed by atoms with Gasteiger partial charge >= 0.3 is 0 Å². The van der Waals surface area contributed by atoms with Gasteiger partial charge < -0.3 is 10.4 Å². The molecule has 1 aromatic carbocycles. The summed E-state index contributed by atoms with van der Waals surface area (Å²) in [4.78, 5) is 12.3. The highest BCUT2D eigenvalue weighted by Crippen LogP contribution is 2.46. The number of aliphatic hydroxyl groups excluding tert-OH is 1. The van der Waals surface area contributed by atoms with E-state index in [1.165, 1.54) is 12.1 Å². The zero-order valence-electron chi connectivity index (χ0n) is 11.7. The molecule has 2 aliphatic rings. The molecule has 2 N–H and O–H groups in total. The molecule has 1 amide bonds. The molecule has 0 spiro atoms. The first kappa shape index (κ1) is 14.4. The fourth-order valence-corrected chi connectivity index (χ4v) is 3.12. The van der Waals surface area contributed by atoms with Gasteiger partial charge in [-0.25, -0.2) is 8.78 Å². The van der Waals surface area contributed by atoms with E-state index in [9.17, 15) is 18.7 Å². The summed E-state index contributed by atoms with van der Waals surface area (Å²) < 4.78 is 26.7. The first-order valence-electron chi connectivity index (χ1n) is 7.45. The molecular formula is C16H19F2NO2. The number of hydrogen-bond donors (Lipinski definition) is 2. The predicted molar refractivity (Wildman–Crippen MR) is 73.4 cm³/mol. The summed E-state index contributed by atoms with van der Waals surface area (Å²) in [5, 5.41) is 12.4. The van der Waals surface area contributed by atoms with Crippen LogP contribution in [0.2, 0.25) is 0 Å². The van der Waals surface area contributed by atoms with E-state index in [2.05, 4.69) is 5.32 Å². The maximum Gasteiger partial charge on any atom is 0.223 e. The average Bonchev–Trinajstić information content (AvgIpc) is 3.19. The molecule has 0 unspecified atom stereocenters. The predicted octanol–water partition coefficient (Wildman–Crippen LogP) is 2.62. The maximum absolute atomic E-state index is 13.3. The van der Waals surface area contributed by atoms with Crippen LogP contribution in [-0.2, 0) is 10.3 Å². The zero-order chi connectivity index (χ0) is 15.0. The van der Waals surface area contributed by atoms with Crippen LogP contribution in [-0.4, -0.2) is 17.1 Å². The van der Waals surface area contributed by atoms with Crippen molar-refractivity contribution in [2.45, 2.75) is 50.2 Å². The highest BCUT2D eigenvalue weighted by Gasteiger charge is 2.47. The smallest absolute Gasteiger partial charge is 0.223 e. The van der Waals surface area contributed by atoms with Crippen LogP contribution in [0.5, 0.6) is 0 Å². The van der Waals surface area contributed by atoms with E-state index in [0.717, 1.165) is 6.07 Å². The number of carbonyl (C=O) groups excluding carboxylic acids is 1. The average molecular weight is 295 g/mol. The second-order valence-corrected chi connectivity index (χ2v) is 6.23. The Hall–Kier alpha value is -1.49. The molecule has 0 radical (unpaired) electrons. The monoisotopic (exact) mass is 295 g/mol.